The van der Waals surface area contributed by atoms with Crippen LogP contribution in [0, 0.1) is 0 Å². The summed E-state index contributed by atoms with van der Waals surface area (Å²) in [6.07, 6.45) is 0. The van der Waals surface area contributed by atoms with E-state index in [-0.39, 0.29) is 0 Å². The predicted octanol–water partition coefficient (Wildman–Crippen LogP) is 3.57. The Labute approximate surface area is 108 Å². The molecule has 0 N–H and O–H groups in total. The third kappa shape index (κ3) is 2.81. The van der Waals surface area contributed by atoms with Gasteiger partial charge in [-0.05, 0) is 5.56 Å². The second-order valence-electron chi connectivity index (χ2n) is 2.58. The first-order valence-corrected chi connectivity index (χ1v) is 8.02. The summed E-state index contributed by atoms with van der Waals surface area (Å²) in [5.74, 6) is 0. The number of rotatable bonds is 3. The van der Waals surface area contributed by atoms with Crippen LogP contribution in [0.4, 0.5) is 0 Å². The van der Waals surface area contributed by atoms with E-state index in [9.17, 15) is 8.42 Å². The summed E-state index contributed by atoms with van der Waals surface area (Å²) >= 11 is 9.15. The minimum atomic E-state index is -3.28. The van der Waals surface area contributed by atoms with E-state index < -0.39 is 17.1 Å². The van der Waals surface area contributed by atoms with E-state index in [4.69, 9.17) is 0 Å². The molecule has 1 rings (SSSR count). The maximum absolute atomic E-state index is 11.7. The van der Waals surface area contributed by atoms with Gasteiger partial charge in [0, 0.05) is 0 Å². The van der Waals surface area contributed by atoms with Gasteiger partial charge >= 0.3 is 0 Å². The fourth-order valence-corrected chi connectivity index (χ4v) is 5.59. The lowest BCUT2D eigenvalue weighted by Crippen LogP contribution is -2.13. The van der Waals surface area contributed by atoms with Gasteiger partial charge in [-0.3, -0.25) is 0 Å². The van der Waals surface area contributed by atoms with Gasteiger partial charge in [-0.25, -0.2) is 8.42 Å². The van der Waals surface area contributed by atoms with Crippen LogP contribution in [-0.4, -0.2) is 11.5 Å². The van der Waals surface area contributed by atoms with Crippen molar-refractivity contribution in [2.45, 2.75) is 7.23 Å². The van der Waals surface area contributed by atoms with Crippen molar-refractivity contribution >= 4 is 57.6 Å². The van der Waals surface area contributed by atoms with Crippen molar-refractivity contribution in [3.63, 3.8) is 0 Å². The summed E-state index contributed by atoms with van der Waals surface area (Å²) in [7, 11) is -3.28. The maximum atomic E-state index is 11.7. The third-order valence-electron chi connectivity index (χ3n) is 1.60. The minimum absolute atomic E-state index is 0.694. The van der Waals surface area contributed by atoms with E-state index in [0.29, 0.717) is 0 Å². The first-order chi connectivity index (χ1) is 6.46. The van der Waals surface area contributed by atoms with Crippen molar-refractivity contribution in [3.8, 4) is 0 Å². The maximum Gasteiger partial charge on any atom is 0.190 e. The van der Waals surface area contributed by atoms with Crippen LogP contribution in [0.3, 0.4) is 0 Å². The molecule has 1 aromatic carbocycles. The van der Waals surface area contributed by atoms with E-state index in [2.05, 4.69) is 47.8 Å². The van der Waals surface area contributed by atoms with Crippen LogP contribution < -0.4 is 0 Å². The fraction of sp³-hybridized carbons (Fsp3) is 0.250. The lowest BCUT2D eigenvalue weighted by atomic mass is 10.2. The Bertz CT molecular complexity index is 388. The van der Waals surface area contributed by atoms with Crippen molar-refractivity contribution in [2.75, 3.05) is 0 Å². The van der Waals surface area contributed by atoms with E-state index in [1.165, 1.54) is 0 Å². The molecule has 6 heteroatoms. The molecule has 78 valence electrons. The lowest BCUT2D eigenvalue weighted by Gasteiger charge is -2.12. The first-order valence-electron chi connectivity index (χ1n) is 3.66. The third-order valence-corrected chi connectivity index (χ3v) is 8.16. The lowest BCUT2D eigenvalue weighted by molar-refractivity contribution is 0.599. The van der Waals surface area contributed by atoms with Crippen LogP contribution in [0.25, 0.3) is 0 Å². The van der Waals surface area contributed by atoms with Crippen LogP contribution >= 0.6 is 47.8 Å². The molecule has 0 heterocycles. The molecular weight excluding hydrogens is 400 g/mol. The summed E-state index contributed by atoms with van der Waals surface area (Å²) in [5, 5.41) is 0. The highest BCUT2D eigenvalue weighted by Crippen LogP contribution is 2.35. The van der Waals surface area contributed by atoms with Crippen molar-refractivity contribution < 1.29 is 8.42 Å². The Morgan fingerprint density at radius 2 is 1.50 bits per heavy atom. The van der Waals surface area contributed by atoms with Gasteiger partial charge in [0.05, 0.1) is 0 Å². The Kier molecular flexibility index (Phi) is 4.61. The second-order valence-corrected chi connectivity index (χ2v) is 10.5. The normalized spacial score (nSPS) is 14.3. The van der Waals surface area contributed by atoms with Gasteiger partial charge in [0.25, 0.3) is 0 Å². The Hall–Kier alpha value is 0.610. The van der Waals surface area contributed by atoms with Crippen LogP contribution in [-0.2, 0) is 9.84 Å². The number of halogens is 3. The zero-order valence-corrected chi connectivity index (χ0v) is 12.5. The predicted molar refractivity (Wildman–Crippen MR) is 68.7 cm³/mol. The largest absolute Gasteiger partial charge is 0.225 e. The second kappa shape index (κ2) is 5.09. The molecule has 0 aromatic heterocycles. The van der Waals surface area contributed by atoms with E-state index in [1.807, 2.05) is 6.07 Å². The van der Waals surface area contributed by atoms with Crippen molar-refractivity contribution in [1.29, 1.82) is 0 Å². The zero-order chi connectivity index (χ0) is 10.8. The van der Waals surface area contributed by atoms with Crippen LogP contribution in [0.1, 0.15) is 9.72 Å². The quantitative estimate of drug-likeness (QED) is 0.719. The van der Waals surface area contributed by atoms with Gasteiger partial charge in [0.15, 0.2) is 12.9 Å². The highest BCUT2D eigenvalue weighted by molar-refractivity contribution is 9.27. The van der Waals surface area contributed by atoms with Crippen LogP contribution in [0.5, 0.6) is 0 Å². The summed E-state index contributed by atoms with van der Waals surface area (Å²) in [4.78, 5) is 0. The standard InChI is InChI=1S/C8H7Br3O2S/c9-7(14(12,13)8(10)11)6-4-2-1-3-5-6/h1-5,7-8H/t7-/m0/s1. The average molecular weight is 407 g/mol. The molecule has 0 saturated heterocycles. The topological polar surface area (TPSA) is 34.1 Å². The van der Waals surface area contributed by atoms with Gasteiger partial charge in [0.2, 0.25) is 0 Å². The molecule has 14 heavy (non-hydrogen) atoms. The minimum Gasteiger partial charge on any atom is -0.225 e. The average Bonchev–Trinajstić information content (AvgIpc) is 2.17. The van der Waals surface area contributed by atoms with Crippen LogP contribution in [0.15, 0.2) is 30.3 Å². The molecule has 1 aromatic rings. The summed E-state index contributed by atoms with van der Waals surface area (Å²) in [6, 6.07) is 8.97. The zero-order valence-electron chi connectivity index (χ0n) is 6.90. The number of sulfone groups is 1. The van der Waals surface area contributed by atoms with Crippen molar-refractivity contribution in [2.24, 2.45) is 0 Å². The molecule has 0 aliphatic heterocycles. The van der Waals surface area contributed by atoms with E-state index in [0.717, 1.165) is 5.56 Å². The highest BCUT2D eigenvalue weighted by atomic mass is 79.9. The molecule has 0 bridgehead atoms. The Morgan fingerprint density at radius 1 is 1.00 bits per heavy atom. The molecule has 0 aliphatic rings. The van der Waals surface area contributed by atoms with Gasteiger partial charge in [-0.1, -0.05) is 78.1 Å². The first kappa shape index (κ1) is 12.7. The number of hydrogen-bond acceptors (Lipinski definition) is 2. The monoisotopic (exact) mass is 404 g/mol. The molecular formula is C8H7Br3O2S. The van der Waals surface area contributed by atoms with Gasteiger partial charge in [-0.15, -0.1) is 0 Å². The van der Waals surface area contributed by atoms with Crippen LogP contribution in [0.2, 0.25) is 0 Å². The molecule has 0 spiro atoms. The van der Waals surface area contributed by atoms with E-state index in [1.54, 1.807) is 24.3 Å². The smallest absolute Gasteiger partial charge is 0.190 e. The summed E-state index contributed by atoms with van der Waals surface area (Å²) < 4.78 is 21.9. The molecule has 0 unspecified atom stereocenters. The molecule has 0 amide bonds. The highest BCUT2D eigenvalue weighted by Gasteiger charge is 2.29. The number of benzene rings is 1. The SMILES string of the molecule is O=S(=O)(C(Br)Br)[C@H](Br)c1ccccc1. The van der Waals surface area contributed by atoms with E-state index >= 15 is 0 Å². The summed E-state index contributed by atoms with van der Waals surface area (Å²) in [6.45, 7) is 0. The molecule has 0 saturated carbocycles. The van der Waals surface area contributed by atoms with Gasteiger partial charge in [-0.2, -0.15) is 0 Å². The summed E-state index contributed by atoms with van der Waals surface area (Å²) in [5.41, 5.74) is 0.719. The Balaban J connectivity index is 3.03. The van der Waals surface area contributed by atoms with Gasteiger partial charge < -0.3 is 0 Å². The van der Waals surface area contributed by atoms with Crippen molar-refractivity contribution in [1.82, 2.24) is 0 Å². The molecule has 0 radical (unpaired) electrons. The fourth-order valence-electron chi connectivity index (χ4n) is 0.884. The number of hydrogen-bond donors (Lipinski definition) is 0. The number of alkyl halides is 3. The van der Waals surface area contributed by atoms with Crippen molar-refractivity contribution in [3.05, 3.63) is 35.9 Å². The Morgan fingerprint density at radius 3 is 1.93 bits per heavy atom. The molecule has 1 atom stereocenters. The molecule has 2 nitrogen and oxygen atoms in total. The molecule has 0 aliphatic carbocycles. The molecule has 0 fully saturated rings. The van der Waals surface area contributed by atoms with Gasteiger partial charge in [0.1, 0.15) is 4.16 Å².